The third-order valence-electron chi connectivity index (χ3n) is 4.41. The number of methoxy groups -OCH3 is 1. The first-order valence-corrected chi connectivity index (χ1v) is 7.02. The number of carbonyl (C=O) groups is 1. The van der Waals surface area contributed by atoms with Crippen LogP contribution < -0.4 is 0 Å². The van der Waals surface area contributed by atoms with E-state index in [1.54, 1.807) is 0 Å². The maximum Gasteiger partial charge on any atom is 0.323 e. The third kappa shape index (κ3) is 2.86. The van der Waals surface area contributed by atoms with Gasteiger partial charge in [-0.25, -0.2) is 0 Å². The molecule has 2 fully saturated rings. The van der Waals surface area contributed by atoms with Gasteiger partial charge >= 0.3 is 5.97 Å². The molecular weight excluding hydrogens is 230 g/mol. The Balaban J connectivity index is 2.07. The smallest absolute Gasteiger partial charge is 0.323 e. The van der Waals surface area contributed by atoms with Crippen LogP contribution in [0.2, 0.25) is 0 Å². The van der Waals surface area contributed by atoms with Crippen molar-refractivity contribution >= 4 is 5.97 Å². The van der Waals surface area contributed by atoms with Crippen LogP contribution in [0.15, 0.2) is 0 Å². The molecule has 4 atom stereocenters. The van der Waals surface area contributed by atoms with Gasteiger partial charge in [0.2, 0.25) is 0 Å². The normalized spacial score (nSPS) is 41.9. The van der Waals surface area contributed by atoms with Crippen molar-refractivity contribution in [2.45, 2.75) is 57.7 Å². The average molecular weight is 255 g/mol. The van der Waals surface area contributed by atoms with E-state index in [2.05, 4.69) is 18.7 Å². The van der Waals surface area contributed by atoms with Crippen LogP contribution >= 0.6 is 0 Å². The van der Waals surface area contributed by atoms with Gasteiger partial charge in [-0.1, -0.05) is 13.8 Å². The molecule has 0 aromatic carbocycles. The predicted octanol–water partition coefficient (Wildman–Crippen LogP) is 1.42. The highest BCUT2D eigenvalue weighted by Crippen LogP contribution is 2.35. The van der Waals surface area contributed by atoms with Gasteiger partial charge in [0, 0.05) is 19.0 Å². The Bertz CT molecular complexity index is 297. The zero-order valence-corrected chi connectivity index (χ0v) is 11.6. The summed E-state index contributed by atoms with van der Waals surface area (Å²) >= 11 is 0. The van der Waals surface area contributed by atoms with Gasteiger partial charge in [-0.15, -0.1) is 0 Å². The number of carbonyl (C=O) groups excluding carboxylic acids is 1. The first kappa shape index (κ1) is 13.8. The monoisotopic (exact) mass is 255 g/mol. The SMILES string of the molecule is COC(=O)C1CC(O)CN1C1CC(C)CC(C)C1. The van der Waals surface area contributed by atoms with Gasteiger partial charge in [-0.3, -0.25) is 9.69 Å². The van der Waals surface area contributed by atoms with Crippen molar-refractivity contribution in [1.82, 2.24) is 4.90 Å². The third-order valence-corrected chi connectivity index (χ3v) is 4.41. The molecule has 4 nitrogen and oxygen atoms in total. The molecule has 2 aliphatic rings. The molecule has 0 spiro atoms. The van der Waals surface area contributed by atoms with Crippen molar-refractivity contribution in [3.8, 4) is 0 Å². The fourth-order valence-corrected chi connectivity index (χ4v) is 3.78. The Morgan fingerprint density at radius 1 is 1.17 bits per heavy atom. The molecule has 1 N–H and O–H groups in total. The van der Waals surface area contributed by atoms with Gasteiger partial charge < -0.3 is 9.84 Å². The lowest BCUT2D eigenvalue weighted by atomic mass is 9.79. The summed E-state index contributed by atoms with van der Waals surface area (Å²) in [4.78, 5) is 14.0. The number of aliphatic hydroxyl groups is 1. The summed E-state index contributed by atoms with van der Waals surface area (Å²) in [6.45, 7) is 5.18. The van der Waals surface area contributed by atoms with Crippen LogP contribution in [0.4, 0.5) is 0 Å². The first-order chi connectivity index (χ1) is 8.51. The molecule has 4 heteroatoms. The summed E-state index contributed by atoms with van der Waals surface area (Å²) in [5.41, 5.74) is 0. The molecule has 18 heavy (non-hydrogen) atoms. The predicted molar refractivity (Wildman–Crippen MR) is 69.1 cm³/mol. The molecule has 2 rings (SSSR count). The van der Waals surface area contributed by atoms with Crippen molar-refractivity contribution < 1.29 is 14.6 Å². The lowest BCUT2D eigenvalue weighted by molar-refractivity contribution is -0.147. The van der Waals surface area contributed by atoms with E-state index in [0.29, 0.717) is 30.8 Å². The van der Waals surface area contributed by atoms with Crippen LogP contribution in [0.25, 0.3) is 0 Å². The van der Waals surface area contributed by atoms with E-state index in [1.807, 2.05) is 0 Å². The van der Waals surface area contributed by atoms with Gasteiger partial charge in [-0.05, 0) is 31.1 Å². The highest BCUT2D eigenvalue weighted by molar-refractivity contribution is 5.76. The Labute approximate surface area is 109 Å². The molecule has 4 unspecified atom stereocenters. The van der Waals surface area contributed by atoms with Gasteiger partial charge in [0.1, 0.15) is 6.04 Å². The van der Waals surface area contributed by atoms with E-state index < -0.39 is 0 Å². The van der Waals surface area contributed by atoms with Crippen molar-refractivity contribution in [3.63, 3.8) is 0 Å². The van der Waals surface area contributed by atoms with Crippen LogP contribution in [0.1, 0.15) is 39.5 Å². The number of β-amino-alcohol motifs (C(OH)–C–C–N with tert-alkyl or cyclic N) is 1. The first-order valence-electron chi connectivity index (χ1n) is 7.02. The highest BCUT2D eigenvalue weighted by atomic mass is 16.5. The Hall–Kier alpha value is -0.610. The van der Waals surface area contributed by atoms with Crippen LogP contribution in [-0.4, -0.2) is 47.8 Å². The average Bonchev–Trinajstić information content (AvgIpc) is 2.69. The number of ether oxygens (including phenoxy) is 1. The van der Waals surface area contributed by atoms with Crippen LogP contribution in [0.3, 0.4) is 0 Å². The highest BCUT2D eigenvalue weighted by Gasteiger charge is 2.42. The molecule has 104 valence electrons. The van der Waals surface area contributed by atoms with E-state index in [9.17, 15) is 9.90 Å². The minimum Gasteiger partial charge on any atom is -0.468 e. The molecular formula is C14H25NO3. The van der Waals surface area contributed by atoms with Gasteiger partial charge in [0.15, 0.2) is 0 Å². The molecule has 1 saturated heterocycles. The molecule has 0 aromatic heterocycles. The fraction of sp³-hybridized carbons (Fsp3) is 0.929. The second-order valence-electron chi connectivity index (χ2n) is 6.20. The van der Waals surface area contributed by atoms with Crippen LogP contribution in [0.5, 0.6) is 0 Å². The summed E-state index contributed by atoms with van der Waals surface area (Å²) in [6, 6.07) is 0.178. The van der Waals surface area contributed by atoms with Crippen LogP contribution in [-0.2, 0) is 9.53 Å². The summed E-state index contributed by atoms with van der Waals surface area (Å²) in [5, 5.41) is 9.83. The van der Waals surface area contributed by atoms with E-state index in [0.717, 1.165) is 12.8 Å². The maximum absolute atomic E-state index is 11.8. The maximum atomic E-state index is 11.8. The number of esters is 1. The molecule has 1 aliphatic carbocycles. The number of aliphatic hydroxyl groups excluding tert-OH is 1. The zero-order chi connectivity index (χ0) is 13.3. The summed E-state index contributed by atoms with van der Waals surface area (Å²) in [7, 11) is 1.43. The van der Waals surface area contributed by atoms with Crippen molar-refractivity contribution in [2.75, 3.05) is 13.7 Å². The number of nitrogens with zero attached hydrogens (tertiary/aromatic N) is 1. The Morgan fingerprint density at radius 2 is 1.78 bits per heavy atom. The molecule has 1 saturated carbocycles. The largest absolute Gasteiger partial charge is 0.468 e. The molecule has 1 aliphatic heterocycles. The minimum atomic E-state index is -0.387. The van der Waals surface area contributed by atoms with Gasteiger partial charge in [0.05, 0.1) is 13.2 Å². The van der Waals surface area contributed by atoms with Crippen LogP contribution in [0, 0.1) is 11.8 Å². The van der Waals surface area contributed by atoms with Gasteiger partial charge in [0.25, 0.3) is 0 Å². The topological polar surface area (TPSA) is 49.8 Å². The number of rotatable bonds is 2. The Kier molecular flexibility index (Phi) is 4.28. The zero-order valence-electron chi connectivity index (χ0n) is 11.6. The van der Waals surface area contributed by atoms with Crippen molar-refractivity contribution in [3.05, 3.63) is 0 Å². The van der Waals surface area contributed by atoms with E-state index in [4.69, 9.17) is 4.74 Å². The second kappa shape index (κ2) is 5.57. The molecule has 0 bridgehead atoms. The van der Waals surface area contributed by atoms with Crippen molar-refractivity contribution in [1.29, 1.82) is 0 Å². The standard InChI is InChI=1S/C14H25NO3/c1-9-4-10(2)6-11(5-9)15-8-12(16)7-13(15)14(17)18-3/h9-13,16H,4-8H2,1-3H3. The number of hydrogen-bond acceptors (Lipinski definition) is 4. The summed E-state index contributed by atoms with van der Waals surface area (Å²) in [6.07, 6.45) is 3.67. The minimum absolute atomic E-state index is 0.197. The molecule has 0 radical (unpaired) electrons. The van der Waals surface area contributed by atoms with E-state index in [1.165, 1.54) is 13.5 Å². The number of hydrogen-bond donors (Lipinski definition) is 1. The second-order valence-corrected chi connectivity index (χ2v) is 6.20. The lowest BCUT2D eigenvalue weighted by Gasteiger charge is -2.39. The van der Waals surface area contributed by atoms with E-state index in [-0.39, 0.29) is 18.1 Å². The molecule has 0 aromatic rings. The molecule has 0 amide bonds. The molecule has 1 heterocycles. The van der Waals surface area contributed by atoms with Gasteiger partial charge in [-0.2, -0.15) is 0 Å². The lowest BCUT2D eigenvalue weighted by Crippen LogP contribution is -2.46. The Morgan fingerprint density at radius 3 is 2.33 bits per heavy atom. The van der Waals surface area contributed by atoms with E-state index >= 15 is 0 Å². The number of likely N-dealkylation sites (tertiary alicyclic amines) is 1. The quantitative estimate of drug-likeness (QED) is 0.758. The summed E-state index contributed by atoms with van der Waals surface area (Å²) in [5.74, 6) is 1.21. The fourth-order valence-electron chi connectivity index (χ4n) is 3.78. The summed E-state index contributed by atoms with van der Waals surface area (Å²) < 4.78 is 4.87. The van der Waals surface area contributed by atoms with Crippen molar-refractivity contribution in [2.24, 2.45) is 11.8 Å².